The fraction of sp³-hybridized carbons (Fsp3) is 0.500. The summed E-state index contributed by atoms with van der Waals surface area (Å²) in [6.45, 7) is 4.17. The Morgan fingerprint density at radius 2 is 2.00 bits per heavy atom. The highest BCUT2D eigenvalue weighted by Crippen LogP contribution is 2.20. The molecule has 0 aliphatic carbocycles. The Morgan fingerprint density at radius 1 is 1.29 bits per heavy atom. The summed E-state index contributed by atoms with van der Waals surface area (Å²) in [7, 11) is 0. The predicted octanol–water partition coefficient (Wildman–Crippen LogP) is 3.09. The van der Waals surface area contributed by atoms with E-state index in [1.807, 2.05) is 6.07 Å². The predicted molar refractivity (Wildman–Crippen MR) is 63.9 cm³/mol. The number of rotatable bonds is 4. The van der Waals surface area contributed by atoms with Gasteiger partial charge in [0.15, 0.2) is 0 Å². The zero-order chi connectivity index (χ0) is 10.6. The fourth-order valence-electron chi connectivity index (χ4n) is 1.37. The molecule has 1 rings (SSSR count). The third-order valence-electron chi connectivity index (χ3n) is 2.51. The molecule has 0 aliphatic heterocycles. The molecule has 0 bridgehead atoms. The van der Waals surface area contributed by atoms with Crippen LogP contribution in [0.2, 0.25) is 0 Å². The molecule has 0 amide bonds. The van der Waals surface area contributed by atoms with Crippen molar-refractivity contribution in [2.24, 2.45) is 0 Å². The van der Waals surface area contributed by atoms with Gasteiger partial charge in [-0.05, 0) is 49.0 Å². The minimum atomic E-state index is -0.304. The highest BCUT2D eigenvalue weighted by Gasteiger charge is 2.07. The molecule has 0 heterocycles. The van der Waals surface area contributed by atoms with Gasteiger partial charge in [0.1, 0.15) is 0 Å². The van der Waals surface area contributed by atoms with Gasteiger partial charge in [-0.1, -0.05) is 18.2 Å². The lowest BCUT2D eigenvalue weighted by Gasteiger charge is -2.11. The topological polar surface area (TPSA) is 20.2 Å². The smallest absolute Gasteiger partial charge is 0.0798 e. The summed E-state index contributed by atoms with van der Waals surface area (Å²) in [5.74, 6) is 1.01. The first-order chi connectivity index (χ1) is 6.65. The number of hydrogen-bond donors (Lipinski definition) is 1. The molecule has 0 radical (unpaired) electrons. The van der Waals surface area contributed by atoms with E-state index in [4.69, 9.17) is 0 Å². The van der Waals surface area contributed by atoms with E-state index < -0.39 is 0 Å². The van der Waals surface area contributed by atoms with E-state index in [0.717, 1.165) is 17.7 Å². The van der Waals surface area contributed by atoms with Crippen molar-refractivity contribution in [1.29, 1.82) is 0 Å². The second-order valence-electron chi connectivity index (χ2n) is 3.64. The van der Waals surface area contributed by atoms with Crippen LogP contribution in [-0.4, -0.2) is 17.1 Å². The Hall–Kier alpha value is -0.470. The van der Waals surface area contributed by atoms with Crippen molar-refractivity contribution >= 4 is 11.8 Å². The number of hydrogen-bond acceptors (Lipinski definition) is 2. The highest BCUT2D eigenvalue weighted by atomic mass is 32.2. The first kappa shape index (κ1) is 11.6. The van der Waals surface area contributed by atoms with Crippen LogP contribution in [0, 0.1) is 13.8 Å². The van der Waals surface area contributed by atoms with Crippen molar-refractivity contribution in [1.82, 2.24) is 0 Å². The van der Waals surface area contributed by atoms with Gasteiger partial charge in [0.25, 0.3) is 0 Å². The minimum Gasteiger partial charge on any atom is -0.388 e. The Balaban J connectivity index is 2.70. The van der Waals surface area contributed by atoms with Gasteiger partial charge in [-0.3, -0.25) is 0 Å². The number of aryl methyl sites for hydroxylation is 2. The number of aliphatic hydroxyl groups excluding tert-OH is 1. The molecule has 1 unspecified atom stereocenters. The molecular weight excluding hydrogens is 192 g/mol. The molecule has 1 aromatic carbocycles. The van der Waals surface area contributed by atoms with Crippen molar-refractivity contribution in [3.63, 3.8) is 0 Å². The standard InChI is InChI=1S/C12H18OS/c1-9-4-5-11(8-10(9)2)12(13)6-7-14-3/h4-5,8,12-13H,6-7H2,1-3H3. The summed E-state index contributed by atoms with van der Waals surface area (Å²) in [6, 6.07) is 6.18. The van der Waals surface area contributed by atoms with Gasteiger partial charge in [0, 0.05) is 0 Å². The average molecular weight is 210 g/mol. The van der Waals surface area contributed by atoms with Crippen LogP contribution in [0.15, 0.2) is 18.2 Å². The summed E-state index contributed by atoms with van der Waals surface area (Å²) in [4.78, 5) is 0. The van der Waals surface area contributed by atoms with E-state index in [9.17, 15) is 5.11 Å². The van der Waals surface area contributed by atoms with E-state index in [0.29, 0.717) is 0 Å². The number of benzene rings is 1. The van der Waals surface area contributed by atoms with E-state index >= 15 is 0 Å². The Labute approximate surface area is 90.5 Å². The molecule has 0 saturated heterocycles. The molecule has 2 heteroatoms. The van der Waals surface area contributed by atoms with E-state index in [1.165, 1.54) is 11.1 Å². The van der Waals surface area contributed by atoms with Crippen LogP contribution in [0.3, 0.4) is 0 Å². The number of thioether (sulfide) groups is 1. The fourth-order valence-corrected chi connectivity index (χ4v) is 1.83. The van der Waals surface area contributed by atoms with Crippen LogP contribution in [0.25, 0.3) is 0 Å². The van der Waals surface area contributed by atoms with Crippen molar-refractivity contribution in [3.8, 4) is 0 Å². The maximum atomic E-state index is 9.85. The third-order valence-corrected chi connectivity index (χ3v) is 3.16. The van der Waals surface area contributed by atoms with Gasteiger partial charge in [-0.2, -0.15) is 11.8 Å². The largest absolute Gasteiger partial charge is 0.388 e. The van der Waals surface area contributed by atoms with Crippen LogP contribution < -0.4 is 0 Å². The van der Waals surface area contributed by atoms with Gasteiger partial charge in [-0.15, -0.1) is 0 Å². The molecule has 1 aromatic rings. The quantitative estimate of drug-likeness (QED) is 0.824. The summed E-state index contributed by atoms with van der Waals surface area (Å²) in [5.41, 5.74) is 3.58. The molecule has 0 fully saturated rings. The van der Waals surface area contributed by atoms with Crippen LogP contribution in [-0.2, 0) is 0 Å². The first-order valence-corrected chi connectivity index (χ1v) is 6.28. The highest BCUT2D eigenvalue weighted by molar-refractivity contribution is 7.98. The first-order valence-electron chi connectivity index (χ1n) is 4.89. The summed E-state index contributed by atoms with van der Waals surface area (Å²) >= 11 is 1.77. The second-order valence-corrected chi connectivity index (χ2v) is 4.63. The van der Waals surface area contributed by atoms with Gasteiger partial charge in [-0.25, -0.2) is 0 Å². The van der Waals surface area contributed by atoms with Crippen LogP contribution >= 0.6 is 11.8 Å². The summed E-state index contributed by atoms with van der Waals surface area (Å²) in [6.07, 6.45) is 2.60. The summed E-state index contributed by atoms with van der Waals surface area (Å²) in [5, 5.41) is 9.85. The lowest BCUT2D eigenvalue weighted by atomic mass is 10.0. The Bertz CT molecular complexity index is 296. The van der Waals surface area contributed by atoms with Gasteiger partial charge in [0.05, 0.1) is 6.10 Å². The normalized spacial score (nSPS) is 12.9. The SMILES string of the molecule is CSCCC(O)c1ccc(C)c(C)c1. The lowest BCUT2D eigenvalue weighted by Crippen LogP contribution is -1.99. The van der Waals surface area contributed by atoms with Crippen LogP contribution in [0.1, 0.15) is 29.2 Å². The van der Waals surface area contributed by atoms with Crippen molar-refractivity contribution in [2.45, 2.75) is 26.4 Å². The zero-order valence-corrected chi connectivity index (χ0v) is 9.90. The maximum Gasteiger partial charge on any atom is 0.0798 e. The van der Waals surface area contributed by atoms with Crippen molar-refractivity contribution in [2.75, 3.05) is 12.0 Å². The van der Waals surface area contributed by atoms with Crippen LogP contribution in [0.4, 0.5) is 0 Å². The molecule has 0 spiro atoms. The van der Waals surface area contributed by atoms with E-state index in [1.54, 1.807) is 11.8 Å². The molecule has 14 heavy (non-hydrogen) atoms. The van der Waals surface area contributed by atoms with Crippen LogP contribution in [0.5, 0.6) is 0 Å². The lowest BCUT2D eigenvalue weighted by molar-refractivity contribution is 0.175. The zero-order valence-electron chi connectivity index (χ0n) is 9.08. The molecule has 0 aromatic heterocycles. The molecule has 1 N–H and O–H groups in total. The maximum absolute atomic E-state index is 9.85. The second kappa shape index (κ2) is 5.42. The minimum absolute atomic E-state index is 0.304. The van der Waals surface area contributed by atoms with Gasteiger partial charge in [0.2, 0.25) is 0 Å². The van der Waals surface area contributed by atoms with Crippen molar-refractivity contribution in [3.05, 3.63) is 34.9 Å². The van der Waals surface area contributed by atoms with Gasteiger partial charge < -0.3 is 5.11 Å². The molecule has 0 aliphatic rings. The molecule has 78 valence electrons. The molecule has 1 atom stereocenters. The van der Waals surface area contributed by atoms with E-state index in [-0.39, 0.29) is 6.10 Å². The molecular formula is C12H18OS. The third kappa shape index (κ3) is 3.03. The Morgan fingerprint density at radius 3 is 2.57 bits per heavy atom. The molecule has 0 saturated carbocycles. The van der Waals surface area contributed by atoms with Crippen molar-refractivity contribution < 1.29 is 5.11 Å². The van der Waals surface area contributed by atoms with E-state index in [2.05, 4.69) is 32.2 Å². The number of aliphatic hydroxyl groups is 1. The monoisotopic (exact) mass is 210 g/mol. The Kier molecular flexibility index (Phi) is 4.49. The van der Waals surface area contributed by atoms with Gasteiger partial charge >= 0.3 is 0 Å². The molecule has 1 nitrogen and oxygen atoms in total. The summed E-state index contributed by atoms with van der Waals surface area (Å²) < 4.78 is 0. The average Bonchev–Trinajstić information content (AvgIpc) is 2.18.